The SMILES string of the molecule is CC[C@@H]1CN(C(=O)c2ccc(N3CCCC3)nc2)CCN1C(C)C. The van der Waals surface area contributed by atoms with Gasteiger partial charge < -0.3 is 9.80 Å². The zero-order valence-electron chi connectivity index (χ0n) is 15.2. The lowest BCUT2D eigenvalue weighted by molar-refractivity contribution is 0.0371. The summed E-state index contributed by atoms with van der Waals surface area (Å²) in [7, 11) is 0. The number of carbonyl (C=O) groups is 1. The maximum Gasteiger partial charge on any atom is 0.255 e. The fourth-order valence-corrected chi connectivity index (χ4v) is 3.93. The molecule has 132 valence electrons. The van der Waals surface area contributed by atoms with E-state index in [0.29, 0.717) is 17.6 Å². The van der Waals surface area contributed by atoms with Crippen molar-refractivity contribution in [3.05, 3.63) is 23.9 Å². The Balaban J connectivity index is 1.65. The molecule has 0 radical (unpaired) electrons. The van der Waals surface area contributed by atoms with Gasteiger partial charge in [0.15, 0.2) is 0 Å². The predicted octanol–water partition coefficient (Wildman–Crippen LogP) is 2.63. The molecule has 0 bridgehead atoms. The Morgan fingerprint density at radius 2 is 1.96 bits per heavy atom. The van der Waals surface area contributed by atoms with Gasteiger partial charge in [-0.05, 0) is 45.2 Å². The third kappa shape index (κ3) is 3.56. The minimum absolute atomic E-state index is 0.123. The summed E-state index contributed by atoms with van der Waals surface area (Å²) in [6.45, 7) is 11.4. The largest absolute Gasteiger partial charge is 0.357 e. The van der Waals surface area contributed by atoms with Crippen LogP contribution >= 0.6 is 0 Å². The number of pyridine rings is 1. The molecule has 0 unspecified atom stereocenters. The number of rotatable bonds is 4. The van der Waals surface area contributed by atoms with Gasteiger partial charge in [0.1, 0.15) is 5.82 Å². The molecule has 1 aromatic rings. The second-order valence-corrected chi connectivity index (χ2v) is 7.24. The van der Waals surface area contributed by atoms with Crippen LogP contribution in [0.1, 0.15) is 50.4 Å². The third-order valence-corrected chi connectivity index (χ3v) is 5.37. The van der Waals surface area contributed by atoms with Crippen molar-refractivity contribution in [3.8, 4) is 0 Å². The molecule has 3 rings (SSSR count). The molecule has 5 nitrogen and oxygen atoms in total. The first-order chi connectivity index (χ1) is 11.6. The Morgan fingerprint density at radius 3 is 2.54 bits per heavy atom. The molecule has 2 aliphatic rings. The maximum absolute atomic E-state index is 12.8. The Hall–Kier alpha value is -1.62. The van der Waals surface area contributed by atoms with Gasteiger partial charge in [0.05, 0.1) is 5.56 Å². The van der Waals surface area contributed by atoms with E-state index in [0.717, 1.165) is 45.0 Å². The molecule has 0 aromatic carbocycles. The monoisotopic (exact) mass is 330 g/mol. The average Bonchev–Trinajstić information content (AvgIpc) is 3.15. The molecule has 2 aliphatic heterocycles. The van der Waals surface area contributed by atoms with Crippen LogP contribution in [-0.2, 0) is 0 Å². The second kappa shape index (κ2) is 7.51. The number of hydrogen-bond acceptors (Lipinski definition) is 4. The number of nitrogens with zero attached hydrogens (tertiary/aromatic N) is 4. The molecular formula is C19H30N4O. The summed E-state index contributed by atoms with van der Waals surface area (Å²) in [5.41, 5.74) is 0.714. The van der Waals surface area contributed by atoms with Gasteiger partial charge in [-0.1, -0.05) is 6.92 Å². The zero-order valence-corrected chi connectivity index (χ0v) is 15.2. The van der Waals surface area contributed by atoms with E-state index in [1.807, 2.05) is 17.0 Å². The fourth-order valence-electron chi connectivity index (χ4n) is 3.93. The summed E-state index contributed by atoms with van der Waals surface area (Å²) in [4.78, 5) is 24.2. The van der Waals surface area contributed by atoms with Crippen LogP contribution in [0.2, 0.25) is 0 Å². The van der Waals surface area contributed by atoms with Crippen molar-refractivity contribution in [3.63, 3.8) is 0 Å². The number of amides is 1. The standard InChI is InChI=1S/C19H30N4O/c1-4-17-14-22(11-12-23(17)15(2)3)19(24)16-7-8-18(20-13-16)21-9-5-6-10-21/h7-8,13,15,17H,4-6,9-12,14H2,1-3H3/t17-/m1/s1. The minimum atomic E-state index is 0.123. The number of piperazine rings is 1. The van der Waals surface area contributed by atoms with Crippen LogP contribution in [0.3, 0.4) is 0 Å². The lowest BCUT2D eigenvalue weighted by Gasteiger charge is -2.43. The van der Waals surface area contributed by atoms with Gasteiger partial charge in [0, 0.05) is 51.0 Å². The Bertz CT molecular complexity index is 551. The first kappa shape index (κ1) is 17.2. The summed E-state index contributed by atoms with van der Waals surface area (Å²) in [6, 6.07) is 4.94. The summed E-state index contributed by atoms with van der Waals surface area (Å²) >= 11 is 0. The van der Waals surface area contributed by atoms with Crippen LogP contribution in [0.4, 0.5) is 5.82 Å². The van der Waals surface area contributed by atoms with Crippen LogP contribution in [0.5, 0.6) is 0 Å². The molecule has 3 heterocycles. The van der Waals surface area contributed by atoms with Crippen LogP contribution in [0.15, 0.2) is 18.3 Å². The predicted molar refractivity (Wildman–Crippen MR) is 97.5 cm³/mol. The van der Waals surface area contributed by atoms with Gasteiger partial charge in [-0.15, -0.1) is 0 Å². The van der Waals surface area contributed by atoms with Gasteiger partial charge in [-0.3, -0.25) is 9.69 Å². The zero-order chi connectivity index (χ0) is 17.1. The van der Waals surface area contributed by atoms with E-state index < -0.39 is 0 Å². The topological polar surface area (TPSA) is 39.7 Å². The first-order valence-electron chi connectivity index (χ1n) is 9.36. The number of anilines is 1. The van der Waals surface area contributed by atoms with Crippen molar-refractivity contribution in [2.24, 2.45) is 0 Å². The maximum atomic E-state index is 12.8. The molecule has 2 saturated heterocycles. The molecular weight excluding hydrogens is 300 g/mol. The number of aromatic nitrogens is 1. The van der Waals surface area contributed by atoms with Gasteiger partial charge in [0.2, 0.25) is 0 Å². The summed E-state index contributed by atoms with van der Waals surface area (Å²) in [5, 5.41) is 0. The van der Waals surface area contributed by atoms with E-state index >= 15 is 0 Å². The van der Waals surface area contributed by atoms with E-state index in [-0.39, 0.29) is 5.91 Å². The van der Waals surface area contributed by atoms with Gasteiger partial charge in [0.25, 0.3) is 5.91 Å². The third-order valence-electron chi connectivity index (χ3n) is 5.37. The van der Waals surface area contributed by atoms with Crippen LogP contribution in [-0.4, -0.2) is 65.5 Å². The van der Waals surface area contributed by atoms with Crippen molar-refractivity contribution >= 4 is 11.7 Å². The van der Waals surface area contributed by atoms with E-state index in [1.54, 1.807) is 6.20 Å². The van der Waals surface area contributed by atoms with Crippen LogP contribution < -0.4 is 4.90 Å². The molecule has 1 atom stereocenters. The minimum Gasteiger partial charge on any atom is -0.357 e. The molecule has 0 spiro atoms. The lowest BCUT2D eigenvalue weighted by Crippen LogP contribution is -2.56. The molecule has 0 N–H and O–H groups in total. The molecule has 5 heteroatoms. The molecule has 1 amide bonds. The van der Waals surface area contributed by atoms with E-state index in [9.17, 15) is 4.79 Å². The Kier molecular flexibility index (Phi) is 5.39. The van der Waals surface area contributed by atoms with Crippen molar-refractivity contribution in [1.29, 1.82) is 0 Å². The highest BCUT2D eigenvalue weighted by atomic mass is 16.2. The van der Waals surface area contributed by atoms with Gasteiger partial charge in [-0.2, -0.15) is 0 Å². The molecule has 24 heavy (non-hydrogen) atoms. The molecule has 2 fully saturated rings. The highest BCUT2D eigenvalue weighted by Crippen LogP contribution is 2.20. The highest BCUT2D eigenvalue weighted by molar-refractivity contribution is 5.94. The summed E-state index contributed by atoms with van der Waals surface area (Å²) in [5.74, 6) is 1.12. The van der Waals surface area contributed by atoms with Gasteiger partial charge >= 0.3 is 0 Å². The average molecular weight is 330 g/mol. The van der Waals surface area contributed by atoms with E-state index in [4.69, 9.17) is 0 Å². The van der Waals surface area contributed by atoms with Crippen LogP contribution in [0, 0.1) is 0 Å². The molecule has 0 saturated carbocycles. The van der Waals surface area contributed by atoms with Crippen molar-refractivity contribution in [2.75, 3.05) is 37.6 Å². The van der Waals surface area contributed by atoms with Crippen molar-refractivity contribution in [1.82, 2.24) is 14.8 Å². The highest BCUT2D eigenvalue weighted by Gasteiger charge is 2.30. The quantitative estimate of drug-likeness (QED) is 0.851. The fraction of sp³-hybridized carbons (Fsp3) is 0.684. The summed E-state index contributed by atoms with van der Waals surface area (Å²) in [6.07, 6.45) is 5.31. The Morgan fingerprint density at radius 1 is 1.21 bits per heavy atom. The van der Waals surface area contributed by atoms with Gasteiger partial charge in [-0.25, -0.2) is 4.98 Å². The van der Waals surface area contributed by atoms with E-state index in [1.165, 1.54) is 12.8 Å². The summed E-state index contributed by atoms with van der Waals surface area (Å²) < 4.78 is 0. The van der Waals surface area contributed by atoms with Crippen molar-refractivity contribution in [2.45, 2.75) is 52.1 Å². The normalized spacial score (nSPS) is 22.4. The van der Waals surface area contributed by atoms with Crippen molar-refractivity contribution < 1.29 is 4.79 Å². The lowest BCUT2D eigenvalue weighted by atomic mass is 10.1. The smallest absolute Gasteiger partial charge is 0.255 e. The number of hydrogen-bond donors (Lipinski definition) is 0. The van der Waals surface area contributed by atoms with E-state index in [2.05, 4.69) is 35.6 Å². The van der Waals surface area contributed by atoms with Crippen LogP contribution in [0.25, 0.3) is 0 Å². The second-order valence-electron chi connectivity index (χ2n) is 7.24. The number of carbonyl (C=O) groups excluding carboxylic acids is 1. The first-order valence-corrected chi connectivity index (χ1v) is 9.36. The molecule has 1 aromatic heterocycles. The Labute approximate surface area is 145 Å². The molecule has 0 aliphatic carbocycles.